The monoisotopic (exact) mass is 680 g/mol. The molecule has 264 valence electrons. The van der Waals surface area contributed by atoms with E-state index in [1.165, 1.54) is 0 Å². The summed E-state index contributed by atoms with van der Waals surface area (Å²) in [4.78, 5) is 48.8. The lowest BCUT2D eigenvalue weighted by molar-refractivity contribution is -0.145. The Balaban J connectivity index is 0.000000260. The Bertz CT molecular complexity index is 1350. The topological polar surface area (TPSA) is 105 Å². The molecule has 0 atom stereocenters. The van der Waals surface area contributed by atoms with Gasteiger partial charge >= 0.3 is 23.9 Å². The fourth-order valence-corrected chi connectivity index (χ4v) is 5.88. The van der Waals surface area contributed by atoms with Crippen LogP contribution in [0.3, 0.4) is 0 Å². The van der Waals surface area contributed by atoms with Crippen LogP contribution in [-0.2, 0) is 19.2 Å². The highest BCUT2D eigenvalue weighted by atomic mass is 16.5. The fraction of sp³-hybridized carbons (Fsp3) is 0.333. The van der Waals surface area contributed by atoms with Crippen LogP contribution in [0, 0.1) is 23.7 Å². The molecule has 2 fully saturated rings. The number of para-hydroxylation sites is 4. The van der Waals surface area contributed by atoms with E-state index in [1.807, 2.05) is 72.8 Å². The van der Waals surface area contributed by atoms with E-state index in [-0.39, 0.29) is 62.4 Å². The molecule has 0 spiro atoms. The number of benzene rings is 4. The van der Waals surface area contributed by atoms with Crippen molar-refractivity contribution in [3.8, 4) is 23.0 Å². The first kappa shape index (κ1) is 39.2. The Morgan fingerprint density at radius 2 is 0.480 bits per heavy atom. The van der Waals surface area contributed by atoms with Gasteiger partial charge in [0.2, 0.25) is 0 Å². The summed E-state index contributed by atoms with van der Waals surface area (Å²) in [5.74, 6) is 0.815. The first-order valence-corrected chi connectivity index (χ1v) is 16.5. The molecule has 0 radical (unpaired) electrons. The van der Waals surface area contributed by atoms with Crippen LogP contribution in [-0.4, -0.2) is 23.9 Å². The minimum atomic E-state index is -0.212. The molecular weight excluding hydrogens is 632 g/mol. The summed E-state index contributed by atoms with van der Waals surface area (Å²) in [5.41, 5.74) is 0. The molecule has 0 amide bonds. The summed E-state index contributed by atoms with van der Waals surface area (Å²) >= 11 is 0. The van der Waals surface area contributed by atoms with Gasteiger partial charge in [0.25, 0.3) is 0 Å². The van der Waals surface area contributed by atoms with Crippen LogP contribution in [0.2, 0.25) is 0 Å². The summed E-state index contributed by atoms with van der Waals surface area (Å²) in [6.07, 6.45) is 5.22. The number of hydrogen-bond acceptors (Lipinski definition) is 8. The summed E-state index contributed by atoms with van der Waals surface area (Å²) in [6.45, 7) is 0. The molecule has 8 nitrogen and oxygen atoms in total. The van der Waals surface area contributed by atoms with Crippen molar-refractivity contribution in [2.24, 2.45) is 23.7 Å². The van der Waals surface area contributed by atoms with E-state index in [0.29, 0.717) is 74.4 Å². The van der Waals surface area contributed by atoms with Gasteiger partial charge in [-0.2, -0.15) is 0 Å². The SMILES string of the molecule is C.C.O=C(Oc1ccccc1)C1CCC(C(=O)Oc2ccccc2)CC1.O=C(Oc1ccccc1)C1CCC(C(=O)Oc2ccccc2)CC1. The van der Waals surface area contributed by atoms with Crippen molar-refractivity contribution < 1.29 is 38.1 Å². The van der Waals surface area contributed by atoms with Crippen molar-refractivity contribution in [2.45, 2.75) is 66.2 Å². The molecule has 2 aliphatic carbocycles. The number of carbonyl (C=O) groups is 4. The van der Waals surface area contributed by atoms with Crippen molar-refractivity contribution in [1.29, 1.82) is 0 Å². The molecule has 2 aliphatic rings. The molecule has 2 saturated carbocycles. The van der Waals surface area contributed by atoms with E-state index in [0.717, 1.165) is 0 Å². The van der Waals surface area contributed by atoms with Crippen LogP contribution < -0.4 is 18.9 Å². The Morgan fingerprint density at radius 1 is 0.320 bits per heavy atom. The lowest BCUT2D eigenvalue weighted by Crippen LogP contribution is -2.30. The molecule has 4 aromatic carbocycles. The first-order valence-electron chi connectivity index (χ1n) is 16.5. The third kappa shape index (κ3) is 12.0. The molecular formula is C42H48O8. The van der Waals surface area contributed by atoms with Crippen molar-refractivity contribution in [2.75, 3.05) is 0 Å². The zero-order valence-corrected chi connectivity index (χ0v) is 26.8. The third-order valence-corrected chi connectivity index (χ3v) is 8.63. The molecule has 0 aliphatic heterocycles. The maximum absolute atomic E-state index is 12.2. The minimum Gasteiger partial charge on any atom is -0.426 e. The second-order valence-electron chi connectivity index (χ2n) is 12.0. The molecule has 0 N–H and O–H groups in total. The van der Waals surface area contributed by atoms with Gasteiger partial charge in [-0.25, -0.2) is 0 Å². The molecule has 8 heteroatoms. The first-order chi connectivity index (χ1) is 23.4. The van der Waals surface area contributed by atoms with E-state index in [9.17, 15) is 19.2 Å². The van der Waals surface area contributed by atoms with Crippen LogP contribution in [0.5, 0.6) is 23.0 Å². The predicted octanol–water partition coefficient (Wildman–Crippen LogP) is 9.28. The fourth-order valence-electron chi connectivity index (χ4n) is 5.88. The molecule has 4 aromatic rings. The highest BCUT2D eigenvalue weighted by Gasteiger charge is 2.33. The van der Waals surface area contributed by atoms with Gasteiger partial charge in [0.1, 0.15) is 23.0 Å². The van der Waals surface area contributed by atoms with E-state index in [4.69, 9.17) is 18.9 Å². The number of rotatable bonds is 8. The molecule has 6 rings (SSSR count). The van der Waals surface area contributed by atoms with Crippen molar-refractivity contribution >= 4 is 23.9 Å². The van der Waals surface area contributed by atoms with Crippen molar-refractivity contribution in [3.63, 3.8) is 0 Å². The van der Waals surface area contributed by atoms with Crippen molar-refractivity contribution in [3.05, 3.63) is 121 Å². The van der Waals surface area contributed by atoms with Gasteiger partial charge in [0.05, 0.1) is 23.7 Å². The Kier molecular flexibility index (Phi) is 15.9. The molecule has 0 bridgehead atoms. The molecule has 0 aromatic heterocycles. The van der Waals surface area contributed by atoms with E-state index in [1.54, 1.807) is 48.5 Å². The smallest absolute Gasteiger partial charge is 0.314 e. The van der Waals surface area contributed by atoms with Gasteiger partial charge in [0.15, 0.2) is 0 Å². The zero-order chi connectivity index (χ0) is 33.6. The highest BCUT2D eigenvalue weighted by Crippen LogP contribution is 2.32. The van der Waals surface area contributed by atoms with Crippen LogP contribution in [0.25, 0.3) is 0 Å². The zero-order valence-electron chi connectivity index (χ0n) is 26.8. The van der Waals surface area contributed by atoms with E-state index >= 15 is 0 Å². The number of ether oxygens (including phenoxy) is 4. The summed E-state index contributed by atoms with van der Waals surface area (Å²) in [5, 5.41) is 0. The summed E-state index contributed by atoms with van der Waals surface area (Å²) < 4.78 is 21.6. The normalized spacial score (nSPS) is 19.4. The van der Waals surface area contributed by atoms with Crippen LogP contribution >= 0.6 is 0 Å². The van der Waals surface area contributed by atoms with Crippen LogP contribution in [0.15, 0.2) is 121 Å². The van der Waals surface area contributed by atoms with E-state index in [2.05, 4.69) is 0 Å². The second kappa shape index (κ2) is 20.3. The molecule has 50 heavy (non-hydrogen) atoms. The maximum Gasteiger partial charge on any atom is 0.314 e. The lowest BCUT2D eigenvalue weighted by atomic mass is 9.82. The predicted molar refractivity (Wildman–Crippen MR) is 193 cm³/mol. The minimum absolute atomic E-state index is 0. The number of hydrogen-bond donors (Lipinski definition) is 0. The standard InChI is InChI=1S/2C20H20O4.2CH4/c2*21-19(23-17-7-3-1-4-8-17)15-11-13-16(14-12-15)20(22)24-18-9-5-2-6-10-18;;/h2*1-10,15-16H,11-14H2;2*1H4. The van der Waals surface area contributed by atoms with Gasteiger partial charge in [-0.1, -0.05) is 87.6 Å². The average molecular weight is 681 g/mol. The van der Waals surface area contributed by atoms with Crippen LogP contribution in [0.1, 0.15) is 66.2 Å². The van der Waals surface area contributed by atoms with Gasteiger partial charge in [0, 0.05) is 0 Å². The molecule has 0 heterocycles. The van der Waals surface area contributed by atoms with Gasteiger partial charge in [-0.15, -0.1) is 0 Å². The Labute approximate surface area is 295 Å². The average Bonchev–Trinajstić information content (AvgIpc) is 3.14. The quantitative estimate of drug-likeness (QED) is 0.134. The van der Waals surface area contributed by atoms with E-state index < -0.39 is 0 Å². The lowest BCUT2D eigenvalue weighted by Gasteiger charge is -2.25. The summed E-state index contributed by atoms with van der Waals surface area (Å²) in [6, 6.07) is 36.3. The second-order valence-corrected chi connectivity index (χ2v) is 12.0. The largest absolute Gasteiger partial charge is 0.426 e. The van der Waals surface area contributed by atoms with Crippen molar-refractivity contribution in [1.82, 2.24) is 0 Å². The highest BCUT2D eigenvalue weighted by molar-refractivity contribution is 5.78. The molecule has 0 saturated heterocycles. The third-order valence-electron chi connectivity index (χ3n) is 8.63. The summed E-state index contributed by atoms with van der Waals surface area (Å²) in [7, 11) is 0. The van der Waals surface area contributed by atoms with Gasteiger partial charge in [-0.05, 0) is 99.9 Å². The van der Waals surface area contributed by atoms with Gasteiger partial charge in [-0.3, -0.25) is 19.2 Å². The Hall–Kier alpha value is -5.24. The van der Waals surface area contributed by atoms with Gasteiger partial charge < -0.3 is 18.9 Å². The Morgan fingerprint density at radius 3 is 0.640 bits per heavy atom. The maximum atomic E-state index is 12.2. The van der Waals surface area contributed by atoms with Crippen LogP contribution in [0.4, 0.5) is 0 Å². The number of carbonyl (C=O) groups excluding carboxylic acids is 4. The number of esters is 4. The molecule has 0 unspecified atom stereocenters.